The molecule has 1 aliphatic rings. The Balaban J connectivity index is 2.37. The predicted octanol–water partition coefficient (Wildman–Crippen LogP) is 2.24. The Labute approximate surface area is 116 Å². The highest BCUT2D eigenvalue weighted by atomic mass is 16.3. The van der Waals surface area contributed by atoms with E-state index in [1.807, 2.05) is 0 Å². The first-order valence-electron chi connectivity index (χ1n) is 7.14. The van der Waals surface area contributed by atoms with Crippen LogP contribution in [0.5, 0.6) is 0 Å². The van der Waals surface area contributed by atoms with Crippen molar-refractivity contribution in [3.05, 3.63) is 29.3 Å². The van der Waals surface area contributed by atoms with Crippen LogP contribution < -0.4 is 10.2 Å². The number of benzene rings is 1. The highest BCUT2D eigenvalue weighted by Gasteiger charge is 2.36. The quantitative estimate of drug-likeness (QED) is 0.877. The first kappa shape index (κ1) is 14.4. The van der Waals surface area contributed by atoms with E-state index in [-0.39, 0.29) is 12.1 Å². The van der Waals surface area contributed by atoms with Gasteiger partial charge in [0, 0.05) is 37.0 Å². The summed E-state index contributed by atoms with van der Waals surface area (Å²) in [6, 6.07) is 7.03. The Bertz CT molecular complexity index is 440. The van der Waals surface area contributed by atoms with E-state index in [0.29, 0.717) is 6.04 Å². The standard InChI is InChI=1S/C16H26N2O/c1-12-5-6-14(9-13(12)2)18-15(7-8-19)10-17-11-16(18,3)4/h5-6,9,15,17,19H,7-8,10-11H2,1-4H3. The SMILES string of the molecule is Cc1ccc(N2C(CCO)CNCC2(C)C)cc1C. The van der Waals surface area contributed by atoms with Gasteiger partial charge in [-0.05, 0) is 57.4 Å². The van der Waals surface area contributed by atoms with Crippen LogP contribution in [0.2, 0.25) is 0 Å². The summed E-state index contributed by atoms with van der Waals surface area (Å²) in [5.41, 5.74) is 4.00. The fraction of sp³-hybridized carbons (Fsp3) is 0.625. The summed E-state index contributed by atoms with van der Waals surface area (Å²) in [5, 5.41) is 12.8. The van der Waals surface area contributed by atoms with Crippen LogP contribution in [0.3, 0.4) is 0 Å². The number of aliphatic hydroxyl groups excluding tert-OH is 1. The molecule has 0 bridgehead atoms. The third kappa shape index (κ3) is 2.93. The van der Waals surface area contributed by atoms with E-state index in [1.54, 1.807) is 0 Å². The first-order valence-corrected chi connectivity index (χ1v) is 7.14. The molecule has 0 aromatic heterocycles. The lowest BCUT2D eigenvalue weighted by Gasteiger charge is -2.50. The normalized spacial score (nSPS) is 22.6. The lowest BCUT2D eigenvalue weighted by Crippen LogP contribution is -2.63. The Morgan fingerprint density at radius 2 is 2.05 bits per heavy atom. The molecular formula is C16H26N2O. The lowest BCUT2D eigenvalue weighted by molar-refractivity contribution is 0.241. The molecule has 1 unspecified atom stereocenters. The van der Waals surface area contributed by atoms with Gasteiger partial charge in [-0.1, -0.05) is 6.07 Å². The monoisotopic (exact) mass is 262 g/mol. The van der Waals surface area contributed by atoms with Gasteiger partial charge in [0.15, 0.2) is 0 Å². The fourth-order valence-corrected chi connectivity index (χ4v) is 3.03. The van der Waals surface area contributed by atoms with Crippen molar-refractivity contribution in [2.75, 3.05) is 24.6 Å². The maximum atomic E-state index is 9.30. The Kier molecular flexibility index (Phi) is 4.16. The predicted molar refractivity (Wildman–Crippen MR) is 80.8 cm³/mol. The zero-order valence-electron chi connectivity index (χ0n) is 12.5. The van der Waals surface area contributed by atoms with E-state index in [9.17, 15) is 5.11 Å². The summed E-state index contributed by atoms with van der Waals surface area (Å²) in [5.74, 6) is 0. The number of rotatable bonds is 3. The van der Waals surface area contributed by atoms with Gasteiger partial charge >= 0.3 is 0 Å². The van der Waals surface area contributed by atoms with Gasteiger partial charge in [0.1, 0.15) is 0 Å². The largest absolute Gasteiger partial charge is 0.396 e. The summed E-state index contributed by atoms with van der Waals surface area (Å²) >= 11 is 0. The molecule has 1 aliphatic heterocycles. The molecule has 3 nitrogen and oxygen atoms in total. The van der Waals surface area contributed by atoms with Gasteiger partial charge in [-0.15, -0.1) is 0 Å². The average Bonchev–Trinajstić information content (AvgIpc) is 2.33. The number of nitrogens with one attached hydrogen (secondary N) is 1. The number of nitrogens with zero attached hydrogens (tertiary/aromatic N) is 1. The van der Waals surface area contributed by atoms with Crippen LogP contribution in [0.4, 0.5) is 5.69 Å². The van der Waals surface area contributed by atoms with Crippen LogP contribution >= 0.6 is 0 Å². The average molecular weight is 262 g/mol. The van der Waals surface area contributed by atoms with Crippen LogP contribution in [0, 0.1) is 13.8 Å². The second-order valence-electron chi connectivity index (χ2n) is 6.25. The summed E-state index contributed by atoms with van der Waals surface area (Å²) in [7, 11) is 0. The number of hydrogen-bond acceptors (Lipinski definition) is 3. The molecule has 2 rings (SSSR count). The minimum atomic E-state index is 0.0692. The molecule has 0 radical (unpaired) electrons. The molecule has 1 saturated heterocycles. The Morgan fingerprint density at radius 3 is 2.68 bits per heavy atom. The molecule has 0 spiro atoms. The van der Waals surface area contributed by atoms with Crippen molar-refractivity contribution in [2.24, 2.45) is 0 Å². The number of anilines is 1. The second-order valence-corrected chi connectivity index (χ2v) is 6.25. The lowest BCUT2D eigenvalue weighted by atomic mass is 9.93. The van der Waals surface area contributed by atoms with Gasteiger partial charge in [-0.25, -0.2) is 0 Å². The highest BCUT2D eigenvalue weighted by molar-refractivity contribution is 5.54. The van der Waals surface area contributed by atoms with Crippen LogP contribution in [0.1, 0.15) is 31.4 Å². The zero-order valence-corrected chi connectivity index (χ0v) is 12.5. The molecule has 0 aliphatic carbocycles. The van der Waals surface area contributed by atoms with Gasteiger partial charge in [0.05, 0.1) is 0 Å². The van der Waals surface area contributed by atoms with E-state index < -0.39 is 0 Å². The first-order chi connectivity index (χ1) is 8.95. The molecule has 1 heterocycles. The number of aliphatic hydroxyl groups is 1. The third-order valence-corrected chi connectivity index (χ3v) is 4.19. The van der Waals surface area contributed by atoms with Crippen LogP contribution in [0.25, 0.3) is 0 Å². The maximum absolute atomic E-state index is 9.30. The van der Waals surface area contributed by atoms with E-state index >= 15 is 0 Å². The Hall–Kier alpha value is -1.06. The number of aryl methyl sites for hydroxylation is 2. The number of piperazine rings is 1. The van der Waals surface area contributed by atoms with Gasteiger partial charge in [0.25, 0.3) is 0 Å². The van der Waals surface area contributed by atoms with Crippen molar-refractivity contribution in [3.63, 3.8) is 0 Å². The van der Waals surface area contributed by atoms with E-state index in [1.165, 1.54) is 16.8 Å². The Morgan fingerprint density at radius 1 is 1.32 bits per heavy atom. The fourth-order valence-electron chi connectivity index (χ4n) is 3.03. The number of hydrogen-bond donors (Lipinski definition) is 2. The molecule has 1 atom stereocenters. The topological polar surface area (TPSA) is 35.5 Å². The maximum Gasteiger partial charge on any atom is 0.0473 e. The summed E-state index contributed by atoms with van der Waals surface area (Å²) in [6.07, 6.45) is 0.809. The molecule has 3 heteroatoms. The van der Waals surface area contributed by atoms with Crippen molar-refractivity contribution in [1.82, 2.24) is 5.32 Å². The van der Waals surface area contributed by atoms with Crippen molar-refractivity contribution >= 4 is 5.69 Å². The summed E-state index contributed by atoms with van der Waals surface area (Å²) in [6.45, 7) is 11.0. The molecule has 2 N–H and O–H groups in total. The summed E-state index contributed by atoms with van der Waals surface area (Å²) in [4.78, 5) is 2.48. The summed E-state index contributed by atoms with van der Waals surface area (Å²) < 4.78 is 0. The minimum Gasteiger partial charge on any atom is -0.396 e. The zero-order chi connectivity index (χ0) is 14.0. The van der Waals surface area contributed by atoms with Crippen molar-refractivity contribution in [2.45, 2.75) is 45.7 Å². The minimum absolute atomic E-state index is 0.0692. The van der Waals surface area contributed by atoms with Gasteiger partial charge in [-0.3, -0.25) is 0 Å². The molecule has 0 saturated carbocycles. The molecule has 1 aromatic rings. The molecule has 19 heavy (non-hydrogen) atoms. The van der Waals surface area contributed by atoms with E-state index in [2.05, 4.69) is 56.1 Å². The van der Waals surface area contributed by atoms with E-state index in [0.717, 1.165) is 19.5 Å². The van der Waals surface area contributed by atoms with Gasteiger partial charge < -0.3 is 15.3 Å². The van der Waals surface area contributed by atoms with Gasteiger partial charge in [0.2, 0.25) is 0 Å². The van der Waals surface area contributed by atoms with Crippen LogP contribution in [0.15, 0.2) is 18.2 Å². The second kappa shape index (κ2) is 5.51. The van der Waals surface area contributed by atoms with Gasteiger partial charge in [-0.2, -0.15) is 0 Å². The van der Waals surface area contributed by atoms with E-state index in [4.69, 9.17) is 0 Å². The molecule has 1 fully saturated rings. The van der Waals surface area contributed by atoms with Crippen molar-refractivity contribution in [1.29, 1.82) is 0 Å². The molecular weight excluding hydrogens is 236 g/mol. The molecule has 1 aromatic carbocycles. The smallest absolute Gasteiger partial charge is 0.0473 e. The van der Waals surface area contributed by atoms with Crippen LogP contribution in [-0.2, 0) is 0 Å². The van der Waals surface area contributed by atoms with Crippen molar-refractivity contribution < 1.29 is 5.11 Å². The van der Waals surface area contributed by atoms with Crippen molar-refractivity contribution in [3.8, 4) is 0 Å². The molecule has 0 amide bonds. The molecule has 106 valence electrons. The third-order valence-electron chi connectivity index (χ3n) is 4.19. The highest BCUT2D eigenvalue weighted by Crippen LogP contribution is 2.31. The van der Waals surface area contributed by atoms with Crippen LogP contribution in [-0.4, -0.2) is 36.4 Å².